The van der Waals surface area contributed by atoms with Gasteiger partial charge in [-0.05, 0) is 36.6 Å². The first-order chi connectivity index (χ1) is 13.5. The summed E-state index contributed by atoms with van der Waals surface area (Å²) >= 11 is 0. The third-order valence-electron chi connectivity index (χ3n) is 5.56. The number of likely N-dealkylation sites (tertiary alicyclic amines) is 1. The zero-order valence-electron chi connectivity index (χ0n) is 15.2. The molecule has 0 radical (unpaired) electrons. The predicted octanol–water partition coefficient (Wildman–Crippen LogP) is 3.84. The first-order valence-electron chi connectivity index (χ1n) is 9.10. The van der Waals surface area contributed by atoms with Gasteiger partial charge in [-0.1, -0.05) is 30.3 Å². The predicted molar refractivity (Wildman–Crippen MR) is 104 cm³/mol. The molecule has 4 rings (SSSR count). The van der Waals surface area contributed by atoms with Crippen LogP contribution in [0.1, 0.15) is 27.9 Å². The van der Waals surface area contributed by atoms with Crippen LogP contribution < -0.4 is 0 Å². The second kappa shape index (κ2) is 6.86. The SMILES string of the molecule is N#Cc1c[nH]c2ccc(C(=O)C3(Cc4ccccc4)CCN(C(=O)O)C3)cc12. The van der Waals surface area contributed by atoms with Gasteiger partial charge in [-0.3, -0.25) is 4.79 Å². The zero-order valence-corrected chi connectivity index (χ0v) is 15.2. The number of rotatable bonds is 4. The summed E-state index contributed by atoms with van der Waals surface area (Å²) in [5.74, 6) is -0.0768. The molecule has 1 aromatic heterocycles. The largest absolute Gasteiger partial charge is 0.465 e. The molecular weight excluding hydrogens is 354 g/mol. The Bertz CT molecular complexity index is 1100. The lowest BCUT2D eigenvalue weighted by Crippen LogP contribution is -2.38. The molecule has 1 atom stereocenters. The first kappa shape index (κ1) is 17.8. The number of amides is 1. The number of nitriles is 1. The van der Waals surface area contributed by atoms with Crippen LogP contribution in [0.15, 0.2) is 54.7 Å². The lowest BCUT2D eigenvalue weighted by molar-refractivity contribution is 0.0796. The first-order valence-corrected chi connectivity index (χ1v) is 9.10. The van der Waals surface area contributed by atoms with E-state index in [0.29, 0.717) is 35.9 Å². The van der Waals surface area contributed by atoms with Crippen molar-refractivity contribution >= 4 is 22.8 Å². The molecule has 0 aliphatic carbocycles. The van der Waals surface area contributed by atoms with Crippen molar-refractivity contribution in [1.82, 2.24) is 9.88 Å². The number of hydrogen-bond acceptors (Lipinski definition) is 3. The highest BCUT2D eigenvalue weighted by Gasteiger charge is 2.46. The molecule has 28 heavy (non-hydrogen) atoms. The fraction of sp³-hybridized carbons (Fsp3) is 0.227. The molecule has 0 spiro atoms. The summed E-state index contributed by atoms with van der Waals surface area (Å²) in [6.07, 6.45) is 1.58. The van der Waals surface area contributed by atoms with Crippen molar-refractivity contribution in [2.45, 2.75) is 12.8 Å². The van der Waals surface area contributed by atoms with E-state index in [1.165, 1.54) is 4.90 Å². The van der Waals surface area contributed by atoms with Gasteiger partial charge < -0.3 is 15.0 Å². The maximum absolute atomic E-state index is 13.6. The average molecular weight is 373 g/mol. The Hall–Kier alpha value is -3.59. The zero-order chi connectivity index (χ0) is 19.7. The van der Waals surface area contributed by atoms with Crippen molar-refractivity contribution in [3.05, 3.63) is 71.4 Å². The number of carboxylic acid groups (broad SMARTS) is 1. The number of benzene rings is 2. The van der Waals surface area contributed by atoms with Crippen LogP contribution in [0, 0.1) is 16.7 Å². The van der Waals surface area contributed by atoms with E-state index in [9.17, 15) is 20.0 Å². The van der Waals surface area contributed by atoms with Gasteiger partial charge in [0.15, 0.2) is 5.78 Å². The van der Waals surface area contributed by atoms with E-state index in [4.69, 9.17) is 0 Å². The van der Waals surface area contributed by atoms with Crippen LogP contribution >= 0.6 is 0 Å². The third kappa shape index (κ3) is 3.01. The fourth-order valence-corrected chi connectivity index (χ4v) is 4.09. The van der Waals surface area contributed by atoms with Gasteiger partial charge in [-0.25, -0.2) is 4.79 Å². The number of fused-ring (bicyclic) bond motifs is 1. The highest BCUT2D eigenvalue weighted by atomic mass is 16.4. The molecule has 1 aliphatic rings. The van der Waals surface area contributed by atoms with E-state index in [-0.39, 0.29) is 12.3 Å². The molecule has 0 bridgehead atoms. The lowest BCUT2D eigenvalue weighted by Gasteiger charge is -2.28. The average Bonchev–Trinajstić information content (AvgIpc) is 3.32. The molecule has 2 heterocycles. The molecule has 140 valence electrons. The normalized spacial score (nSPS) is 18.9. The molecule has 1 aliphatic heterocycles. The fourth-order valence-electron chi connectivity index (χ4n) is 4.09. The molecular formula is C22H19N3O3. The van der Waals surface area contributed by atoms with Crippen molar-refractivity contribution in [3.63, 3.8) is 0 Å². The van der Waals surface area contributed by atoms with Crippen LogP contribution in [0.4, 0.5) is 4.79 Å². The van der Waals surface area contributed by atoms with Crippen LogP contribution in [0.2, 0.25) is 0 Å². The molecule has 0 saturated carbocycles. The number of carbonyl (C=O) groups excluding carboxylic acids is 1. The Kier molecular flexibility index (Phi) is 4.36. The number of nitrogens with zero attached hydrogens (tertiary/aromatic N) is 2. The third-order valence-corrected chi connectivity index (χ3v) is 5.56. The maximum atomic E-state index is 13.6. The van der Waals surface area contributed by atoms with Crippen LogP contribution in [-0.2, 0) is 6.42 Å². The molecule has 2 N–H and O–H groups in total. The Balaban J connectivity index is 1.75. The van der Waals surface area contributed by atoms with Gasteiger partial charge in [-0.15, -0.1) is 0 Å². The topological polar surface area (TPSA) is 97.2 Å². The summed E-state index contributed by atoms with van der Waals surface area (Å²) in [5, 5.41) is 19.4. The number of H-pyrrole nitrogens is 1. The highest BCUT2D eigenvalue weighted by Crippen LogP contribution is 2.38. The van der Waals surface area contributed by atoms with Gasteiger partial charge in [0, 0.05) is 35.8 Å². The maximum Gasteiger partial charge on any atom is 0.407 e. The molecule has 2 aromatic carbocycles. The van der Waals surface area contributed by atoms with Crippen molar-refractivity contribution in [3.8, 4) is 6.07 Å². The molecule has 6 heteroatoms. The Labute approximate surface area is 162 Å². The number of Topliss-reactive ketones (excluding diaryl/α,β-unsaturated/α-hetero) is 1. The molecule has 1 fully saturated rings. The van der Waals surface area contributed by atoms with E-state index in [1.807, 2.05) is 30.3 Å². The minimum Gasteiger partial charge on any atom is -0.465 e. The van der Waals surface area contributed by atoms with Gasteiger partial charge in [-0.2, -0.15) is 5.26 Å². The quantitative estimate of drug-likeness (QED) is 0.679. The van der Waals surface area contributed by atoms with E-state index < -0.39 is 11.5 Å². The monoisotopic (exact) mass is 373 g/mol. The summed E-state index contributed by atoms with van der Waals surface area (Å²) in [6, 6.07) is 17.1. The summed E-state index contributed by atoms with van der Waals surface area (Å²) in [5.41, 5.74) is 1.98. The smallest absolute Gasteiger partial charge is 0.407 e. The Morgan fingerprint density at radius 1 is 1.21 bits per heavy atom. The van der Waals surface area contributed by atoms with Gasteiger partial charge in [0.25, 0.3) is 0 Å². The second-order valence-electron chi connectivity index (χ2n) is 7.30. The van der Waals surface area contributed by atoms with Crippen LogP contribution in [-0.4, -0.2) is 40.0 Å². The number of hydrogen-bond donors (Lipinski definition) is 2. The molecule has 3 aromatic rings. The summed E-state index contributed by atoms with van der Waals surface area (Å²) < 4.78 is 0. The van der Waals surface area contributed by atoms with Crippen LogP contribution in [0.5, 0.6) is 0 Å². The minimum absolute atomic E-state index is 0.0768. The van der Waals surface area contributed by atoms with Crippen molar-refractivity contribution in [1.29, 1.82) is 5.26 Å². The van der Waals surface area contributed by atoms with Gasteiger partial charge in [0.1, 0.15) is 6.07 Å². The standard InChI is InChI=1S/C22H19N3O3/c23-12-17-13-24-19-7-6-16(10-18(17)19)20(26)22(8-9-25(14-22)21(27)28)11-15-4-2-1-3-5-15/h1-7,10,13,24H,8-9,11,14H2,(H,27,28). The Morgan fingerprint density at radius 3 is 2.68 bits per heavy atom. The molecule has 6 nitrogen and oxygen atoms in total. The van der Waals surface area contributed by atoms with Gasteiger partial charge in [0.2, 0.25) is 0 Å². The Morgan fingerprint density at radius 2 is 2.00 bits per heavy atom. The van der Waals surface area contributed by atoms with E-state index >= 15 is 0 Å². The van der Waals surface area contributed by atoms with Crippen LogP contribution in [0.3, 0.4) is 0 Å². The number of nitrogens with one attached hydrogen (secondary N) is 1. The van der Waals surface area contributed by atoms with Gasteiger partial charge in [0.05, 0.1) is 11.0 Å². The summed E-state index contributed by atoms with van der Waals surface area (Å²) in [7, 11) is 0. The van der Waals surface area contributed by atoms with E-state index in [0.717, 1.165) is 11.1 Å². The molecule has 1 amide bonds. The molecule has 1 saturated heterocycles. The highest BCUT2D eigenvalue weighted by molar-refractivity contribution is 6.04. The lowest BCUT2D eigenvalue weighted by atomic mass is 9.74. The minimum atomic E-state index is -1.00. The summed E-state index contributed by atoms with van der Waals surface area (Å²) in [4.78, 5) is 29.4. The van der Waals surface area contributed by atoms with E-state index in [1.54, 1.807) is 24.4 Å². The number of aromatic nitrogens is 1. The van der Waals surface area contributed by atoms with E-state index in [2.05, 4.69) is 11.1 Å². The van der Waals surface area contributed by atoms with Crippen molar-refractivity contribution < 1.29 is 14.7 Å². The number of aromatic amines is 1. The van der Waals surface area contributed by atoms with Crippen molar-refractivity contribution in [2.75, 3.05) is 13.1 Å². The second-order valence-corrected chi connectivity index (χ2v) is 7.30. The van der Waals surface area contributed by atoms with Gasteiger partial charge >= 0.3 is 6.09 Å². The summed E-state index contributed by atoms with van der Waals surface area (Å²) in [6.45, 7) is 0.510. The number of carbonyl (C=O) groups is 2. The van der Waals surface area contributed by atoms with Crippen LogP contribution in [0.25, 0.3) is 10.9 Å². The van der Waals surface area contributed by atoms with Crippen molar-refractivity contribution in [2.24, 2.45) is 5.41 Å². The molecule has 1 unspecified atom stereocenters. The number of ketones is 1.